The summed E-state index contributed by atoms with van der Waals surface area (Å²) >= 11 is 3.51. The first-order chi connectivity index (χ1) is 11.3. The molecule has 0 bridgehead atoms. The molecule has 2 aromatic rings. The molecule has 0 spiro atoms. The molecule has 2 aliphatic heterocycles. The SMILES string of the molecule is C[C@H]1CN=C(N2CCN(c3nnc(-c4ccccn4)s3)CC2)S1. The largest absolute Gasteiger partial charge is 0.348 e. The average molecular weight is 346 g/mol. The van der Waals surface area contributed by atoms with E-state index in [0.717, 1.165) is 48.6 Å². The summed E-state index contributed by atoms with van der Waals surface area (Å²) in [6, 6.07) is 5.86. The fourth-order valence-corrected chi connectivity index (χ4v) is 4.52. The zero-order valence-electron chi connectivity index (χ0n) is 12.9. The van der Waals surface area contributed by atoms with Gasteiger partial charge in [0, 0.05) is 37.6 Å². The third kappa shape index (κ3) is 3.18. The molecule has 0 aromatic carbocycles. The molecule has 1 fully saturated rings. The highest BCUT2D eigenvalue weighted by molar-refractivity contribution is 8.14. The molecule has 0 N–H and O–H groups in total. The monoisotopic (exact) mass is 346 g/mol. The third-order valence-electron chi connectivity index (χ3n) is 3.91. The number of thioether (sulfide) groups is 1. The lowest BCUT2D eigenvalue weighted by atomic mass is 10.3. The first kappa shape index (κ1) is 14.9. The van der Waals surface area contributed by atoms with Gasteiger partial charge in [-0.3, -0.25) is 9.98 Å². The van der Waals surface area contributed by atoms with Gasteiger partial charge in [-0.25, -0.2) is 0 Å². The minimum Gasteiger partial charge on any atom is -0.348 e. The second kappa shape index (κ2) is 6.45. The van der Waals surface area contributed by atoms with Crippen LogP contribution < -0.4 is 4.90 Å². The van der Waals surface area contributed by atoms with Crippen LogP contribution in [0.3, 0.4) is 0 Å². The van der Waals surface area contributed by atoms with Crippen molar-refractivity contribution in [2.24, 2.45) is 4.99 Å². The van der Waals surface area contributed by atoms with Crippen molar-refractivity contribution < 1.29 is 0 Å². The Kier molecular flexibility index (Phi) is 4.17. The fraction of sp³-hybridized carbons (Fsp3) is 0.467. The quantitative estimate of drug-likeness (QED) is 0.831. The van der Waals surface area contributed by atoms with Gasteiger partial charge in [0.2, 0.25) is 5.13 Å². The number of anilines is 1. The smallest absolute Gasteiger partial charge is 0.208 e. The van der Waals surface area contributed by atoms with E-state index in [-0.39, 0.29) is 0 Å². The van der Waals surface area contributed by atoms with E-state index >= 15 is 0 Å². The predicted octanol–water partition coefficient (Wildman–Crippen LogP) is 2.21. The Hall–Kier alpha value is -1.67. The Morgan fingerprint density at radius 3 is 2.61 bits per heavy atom. The Morgan fingerprint density at radius 2 is 1.91 bits per heavy atom. The van der Waals surface area contributed by atoms with Crippen molar-refractivity contribution >= 4 is 33.4 Å². The fourth-order valence-electron chi connectivity index (χ4n) is 2.66. The van der Waals surface area contributed by atoms with Gasteiger partial charge in [0.15, 0.2) is 10.2 Å². The van der Waals surface area contributed by atoms with E-state index in [1.807, 2.05) is 30.0 Å². The highest BCUT2D eigenvalue weighted by atomic mass is 32.2. The lowest BCUT2D eigenvalue weighted by Gasteiger charge is -2.35. The number of rotatable bonds is 2. The Labute approximate surface area is 143 Å². The van der Waals surface area contributed by atoms with Gasteiger partial charge in [0.1, 0.15) is 5.69 Å². The van der Waals surface area contributed by atoms with Gasteiger partial charge in [-0.05, 0) is 12.1 Å². The van der Waals surface area contributed by atoms with Crippen molar-refractivity contribution in [2.45, 2.75) is 12.2 Å². The van der Waals surface area contributed by atoms with Crippen LogP contribution in [0.1, 0.15) is 6.92 Å². The van der Waals surface area contributed by atoms with Gasteiger partial charge in [0.25, 0.3) is 0 Å². The highest BCUT2D eigenvalue weighted by Gasteiger charge is 2.26. The van der Waals surface area contributed by atoms with E-state index in [2.05, 4.69) is 36.9 Å². The number of amidine groups is 1. The number of piperazine rings is 1. The predicted molar refractivity (Wildman–Crippen MR) is 96.3 cm³/mol. The van der Waals surface area contributed by atoms with Crippen molar-refractivity contribution in [3.63, 3.8) is 0 Å². The summed E-state index contributed by atoms with van der Waals surface area (Å²) < 4.78 is 0. The van der Waals surface area contributed by atoms with E-state index in [1.54, 1.807) is 17.5 Å². The second-order valence-electron chi connectivity index (χ2n) is 5.63. The van der Waals surface area contributed by atoms with Crippen LogP contribution in [0.25, 0.3) is 10.7 Å². The van der Waals surface area contributed by atoms with E-state index in [9.17, 15) is 0 Å². The minimum absolute atomic E-state index is 0.618. The molecule has 0 unspecified atom stereocenters. The second-order valence-corrected chi connectivity index (χ2v) is 7.99. The van der Waals surface area contributed by atoms with Crippen LogP contribution in [0.2, 0.25) is 0 Å². The van der Waals surface area contributed by atoms with E-state index in [4.69, 9.17) is 0 Å². The summed E-state index contributed by atoms with van der Waals surface area (Å²) in [5.74, 6) is 0. The lowest BCUT2D eigenvalue weighted by Crippen LogP contribution is -2.47. The summed E-state index contributed by atoms with van der Waals surface area (Å²) in [6.45, 7) is 7.10. The average Bonchev–Trinajstić information content (AvgIpc) is 3.25. The summed E-state index contributed by atoms with van der Waals surface area (Å²) in [5.41, 5.74) is 0.889. The normalized spacial score (nSPS) is 21.6. The molecule has 1 saturated heterocycles. The molecule has 0 aliphatic carbocycles. The van der Waals surface area contributed by atoms with Gasteiger partial charge in [-0.1, -0.05) is 36.1 Å². The maximum atomic E-state index is 4.64. The van der Waals surface area contributed by atoms with Crippen LogP contribution in [0.5, 0.6) is 0 Å². The topological polar surface area (TPSA) is 57.5 Å². The van der Waals surface area contributed by atoms with Crippen LogP contribution in [-0.2, 0) is 0 Å². The Bertz CT molecular complexity index is 693. The molecule has 2 aliphatic rings. The van der Waals surface area contributed by atoms with Crippen molar-refractivity contribution in [3.8, 4) is 10.7 Å². The molecule has 0 radical (unpaired) electrons. The first-order valence-electron chi connectivity index (χ1n) is 7.75. The number of pyridine rings is 1. The molecule has 120 valence electrons. The summed E-state index contributed by atoms with van der Waals surface area (Å²) in [7, 11) is 0. The number of aliphatic imine (C=N–C) groups is 1. The van der Waals surface area contributed by atoms with Crippen molar-refractivity contribution in [2.75, 3.05) is 37.6 Å². The Morgan fingerprint density at radius 1 is 1.09 bits per heavy atom. The van der Waals surface area contributed by atoms with Crippen LogP contribution in [0.4, 0.5) is 5.13 Å². The summed E-state index contributed by atoms with van der Waals surface area (Å²) in [6.07, 6.45) is 1.79. The number of nitrogens with zero attached hydrogens (tertiary/aromatic N) is 6. The molecule has 4 heterocycles. The van der Waals surface area contributed by atoms with Gasteiger partial charge >= 0.3 is 0 Å². The molecule has 23 heavy (non-hydrogen) atoms. The molecule has 4 rings (SSSR count). The molecule has 8 heteroatoms. The summed E-state index contributed by atoms with van der Waals surface area (Å²) in [5, 5.41) is 12.3. The van der Waals surface area contributed by atoms with Crippen molar-refractivity contribution in [1.82, 2.24) is 20.1 Å². The Balaban J connectivity index is 1.40. The highest BCUT2D eigenvalue weighted by Crippen LogP contribution is 2.29. The number of hydrogen-bond acceptors (Lipinski definition) is 8. The van der Waals surface area contributed by atoms with E-state index in [1.165, 1.54) is 5.17 Å². The van der Waals surface area contributed by atoms with Crippen LogP contribution in [-0.4, -0.2) is 63.2 Å². The molecule has 0 amide bonds. The van der Waals surface area contributed by atoms with Gasteiger partial charge in [0.05, 0.1) is 6.54 Å². The standard InChI is InChI=1S/C15H18N6S2/c1-11-10-17-14(22-11)20-6-8-21(9-7-20)15-19-18-13(23-15)12-4-2-3-5-16-12/h2-5,11H,6-10H2,1H3/t11-/m0/s1. The molecule has 2 aromatic heterocycles. The van der Waals surface area contributed by atoms with Gasteiger partial charge in [-0.2, -0.15) is 0 Å². The molecule has 1 atom stereocenters. The van der Waals surface area contributed by atoms with Gasteiger partial charge < -0.3 is 9.80 Å². The van der Waals surface area contributed by atoms with Gasteiger partial charge in [-0.15, -0.1) is 10.2 Å². The number of aromatic nitrogens is 3. The van der Waals surface area contributed by atoms with E-state index < -0.39 is 0 Å². The molecular weight excluding hydrogens is 328 g/mol. The number of hydrogen-bond donors (Lipinski definition) is 0. The zero-order valence-corrected chi connectivity index (χ0v) is 14.6. The molecule has 6 nitrogen and oxygen atoms in total. The minimum atomic E-state index is 0.618. The van der Waals surface area contributed by atoms with Crippen molar-refractivity contribution in [1.29, 1.82) is 0 Å². The molecular formula is C15H18N6S2. The summed E-state index contributed by atoms with van der Waals surface area (Å²) in [4.78, 5) is 13.7. The zero-order chi connectivity index (χ0) is 15.6. The maximum absolute atomic E-state index is 4.64. The van der Waals surface area contributed by atoms with Crippen molar-refractivity contribution in [3.05, 3.63) is 24.4 Å². The van der Waals surface area contributed by atoms with Crippen LogP contribution >= 0.6 is 23.1 Å². The third-order valence-corrected chi connectivity index (χ3v) is 6.07. The maximum Gasteiger partial charge on any atom is 0.208 e. The molecule has 0 saturated carbocycles. The van der Waals surface area contributed by atoms with Crippen LogP contribution in [0, 0.1) is 0 Å². The van der Waals surface area contributed by atoms with E-state index in [0.29, 0.717) is 5.25 Å². The lowest BCUT2D eigenvalue weighted by molar-refractivity contribution is 0.392. The van der Waals surface area contributed by atoms with Crippen LogP contribution in [0.15, 0.2) is 29.4 Å². The first-order valence-corrected chi connectivity index (χ1v) is 9.45.